The van der Waals surface area contributed by atoms with Crippen molar-refractivity contribution in [1.29, 1.82) is 0 Å². The second-order valence-electron chi connectivity index (χ2n) is 5.86. The van der Waals surface area contributed by atoms with Gasteiger partial charge in [-0.3, -0.25) is 0 Å². The van der Waals surface area contributed by atoms with Crippen molar-refractivity contribution < 1.29 is 8.42 Å². The first-order valence-electron chi connectivity index (χ1n) is 7.36. The lowest BCUT2D eigenvalue weighted by Crippen LogP contribution is -2.34. The Morgan fingerprint density at radius 3 is 2.65 bits per heavy atom. The van der Waals surface area contributed by atoms with Crippen molar-refractivity contribution >= 4 is 21.4 Å². The largest absolute Gasteiger partial charge is 0.309 e. The van der Waals surface area contributed by atoms with Gasteiger partial charge >= 0.3 is 0 Å². The zero-order chi connectivity index (χ0) is 14.2. The summed E-state index contributed by atoms with van der Waals surface area (Å²) < 4.78 is 26.8. The zero-order valence-corrected chi connectivity index (χ0v) is 13.5. The number of rotatable bonds is 6. The van der Waals surface area contributed by atoms with Crippen LogP contribution in [0.3, 0.4) is 0 Å². The summed E-state index contributed by atoms with van der Waals surface area (Å²) in [6, 6.07) is 2.67. The third-order valence-corrected chi connectivity index (χ3v) is 7.26. The van der Waals surface area contributed by atoms with Crippen LogP contribution in [0.5, 0.6) is 0 Å². The fourth-order valence-corrected chi connectivity index (χ4v) is 5.38. The van der Waals surface area contributed by atoms with Gasteiger partial charge in [-0.25, -0.2) is 8.42 Å². The maximum atomic E-state index is 12.6. The molecule has 1 heterocycles. The van der Waals surface area contributed by atoms with E-state index >= 15 is 0 Å². The van der Waals surface area contributed by atoms with Gasteiger partial charge in [0.2, 0.25) is 10.0 Å². The molecule has 20 heavy (non-hydrogen) atoms. The second kappa shape index (κ2) is 5.75. The molecule has 0 aliphatic heterocycles. The van der Waals surface area contributed by atoms with E-state index in [1.807, 2.05) is 6.07 Å². The van der Waals surface area contributed by atoms with Crippen molar-refractivity contribution in [3.63, 3.8) is 0 Å². The molecule has 1 N–H and O–H groups in total. The highest BCUT2D eigenvalue weighted by Crippen LogP contribution is 2.29. The van der Waals surface area contributed by atoms with E-state index in [1.54, 1.807) is 16.7 Å². The summed E-state index contributed by atoms with van der Waals surface area (Å²) in [5, 5.41) is 5.21. The Morgan fingerprint density at radius 2 is 2.00 bits per heavy atom. The van der Waals surface area contributed by atoms with E-state index in [2.05, 4.69) is 5.32 Å². The standard InChI is InChI=1S/C14H22N2O2S2/c1-16(12-4-2-3-5-12)20(17,18)14-8-13(19-10-14)9-15-11-6-7-11/h8,10-12,15H,2-7,9H2,1H3. The first-order chi connectivity index (χ1) is 9.57. The zero-order valence-electron chi connectivity index (χ0n) is 11.8. The van der Waals surface area contributed by atoms with Gasteiger partial charge in [0.25, 0.3) is 0 Å². The molecule has 0 spiro atoms. The van der Waals surface area contributed by atoms with Crippen LogP contribution in [0.1, 0.15) is 43.4 Å². The minimum atomic E-state index is -3.31. The van der Waals surface area contributed by atoms with E-state index in [1.165, 1.54) is 24.2 Å². The van der Waals surface area contributed by atoms with Gasteiger partial charge in [-0.15, -0.1) is 11.3 Å². The lowest BCUT2D eigenvalue weighted by molar-refractivity contribution is 0.373. The molecule has 0 aromatic carbocycles. The Labute approximate surface area is 125 Å². The van der Waals surface area contributed by atoms with E-state index in [9.17, 15) is 8.42 Å². The highest BCUT2D eigenvalue weighted by atomic mass is 32.2. The molecular weight excluding hydrogens is 292 g/mol. The van der Waals surface area contributed by atoms with Gasteiger partial charge in [-0.2, -0.15) is 4.31 Å². The van der Waals surface area contributed by atoms with Gasteiger partial charge in [0, 0.05) is 35.9 Å². The molecular formula is C14H22N2O2S2. The van der Waals surface area contributed by atoms with Crippen LogP contribution in [0, 0.1) is 0 Å². The molecule has 0 radical (unpaired) electrons. The van der Waals surface area contributed by atoms with E-state index in [-0.39, 0.29) is 6.04 Å². The van der Waals surface area contributed by atoms with Crippen LogP contribution >= 0.6 is 11.3 Å². The fourth-order valence-electron chi connectivity index (χ4n) is 2.75. The molecule has 4 nitrogen and oxygen atoms in total. The summed E-state index contributed by atoms with van der Waals surface area (Å²) in [6.45, 7) is 0.790. The van der Waals surface area contributed by atoms with Gasteiger partial charge in [-0.05, 0) is 31.7 Å². The summed E-state index contributed by atoms with van der Waals surface area (Å²) in [5.74, 6) is 0. The maximum absolute atomic E-state index is 12.6. The molecule has 1 aromatic rings. The molecule has 6 heteroatoms. The molecule has 112 valence electrons. The van der Waals surface area contributed by atoms with Crippen molar-refractivity contribution in [3.8, 4) is 0 Å². The average molecular weight is 314 g/mol. The molecule has 2 fully saturated rings. The number of sulfonamides is 1. The molecule has 0 bridgehead atoms. The minimum absolute atomic E-state index is 0.188. The summed E-state index contributed by atoms with van der Waals surface area (Å²) in [7, 11) is -1.58. The summed E-state index contributed by atoms with van der Waals surface area (Å²) >= 11 is 1.54. The molecule has 3 rings (SSSR count). The first kappa shape index (κ1) is 14.5. The Kier molecular flexibility index (Phi) is 4.17. The van der Waals surface area contributed by atoms with E-state index in [4.69, 9.17) is 0 Å². The van der Waals surface area contributed by atoms with Crippen molar-refractivity contribution in [2.24, 2.45) is 0 Å². The maximum Gasteiger partial charge on any atom is 0.243 e. The second-order valence-corrected chi connectivity index (χ2v) is 8.86. The quantitative estimate of drug-likeness (QED) is 0.878. The molecule has 0 saturated heterocycles. The normalized spacial score (nSPS) is 20.9. The number of hydrogen-bond acceptors (Lipinski definition) is 4. The molecule has 2 aliphatic carbocycles. The monoisotopic (exact) mass is 314 g/mol. The van der Waals surface area contributed by atoms with Gasteiger partial charge < -0.3 is 5.32 Å². The van der Waals surface area contributed by atoms with Crippen LogP contribution in [-0.2, 0) is 16.6 Å². The summed E-state index contributed by atoms with van der Waals surface area (Å²) in [5.41, 5.74) is 0. The van der Waals surface area contributed by atoms with Crippen molar-refractivity contribution in [3.05, 3.63) is 16.3 Å². The van der Waals surface area contributed by atoms with Gasteiger partial charge in [0.15, 0.2) is 0 Å². The van der Waals surface area contributed by atoms with Gasteiger partial charge in [0.05, 0.1) is 4.90 Å². The molecule has 1 aromatic heterocycles. The van der Waals surface area contributed by atoms with Gasteiger partial charge in [0.1, 0.15) is 0 Å². The number of nitrogens with one attached hydrogen (secondary N) is 1. The van der Waals surface area contributed by atoms with Gasteiger partial charge in [-0.1, -0.05) is 12.8 Å². The van der Waals surface area contributed by atoms with Crippen molar-refractivity contribution in [2.45, 2.75) is 62.0 Å². The fraction of sp³-hybridized carbons (Fsp3) is 0.714. The highest BCUT2D eigenvalue weighted by molar-refractivity contribution is 7.89. The SMILES string of the molecule is CN(C1CCCC1)S(=O)(=O)c1csc(CNC2CC2)c1. The average Bonchev–Trinajstić information content (AvgIpc) is 2.95. The van der Waals surface area contributed by atoms with E-state index < -0.39 is 10.0 Å². The lowest BCUT2D eigenvalue weighted by atomic mass is 10.3. The summed E-state index contributed by atoms with van der Waals surface area (Å²) in [4.78, 5) is 1.57. The Hall–Kier alpha value is -0.430. The Balaban J connectivity index is 1.69. The molecule has 0 amide bonds. The first-order valence-corrected chi connectivity index (χ1v) is 9.68. The Bertz CT molecular complexity index is 557. The smallest absolute Gasteiger partial charge is 0.243 e. The van der Waals surface area contributed by atoms with Crippen LogP contribution in [0.2, 0.25) is 0 Å². The van der Waals surface area contributed by atoms with Crippen LogP contribution < -0.4 is 5.32 Å². The minimum Gasteiger partial charge on any atom is -0.309 e. The number of hydrogen-bond donors (Lipinski definition) is 1. The molecule has 0 unspecified atom stereocenters. The topological polar surface area (TPSA) is 49.4 Å². The predicted octanol–water partition coefficient (Wildman–Crippen LogP) is 2.56. The molecule has 0 atom stereocenters. The third kappa shape index (κ3) is 3.08. The molecule has 2 aliphatic rings. The van der Waals surface area contributed by atoms with Crippen molar-refractivity contribution in [1.82, 2.24) is 9.62 Å². The Morgan fingerprint density at radius 1 is 1.30 bits per heavy atom. The highest BCUT2D eigenvalue weighted by Gasteiger charge is 2.30. The van der Waals surface area contributed by atoms with Crippen LogP contribution in [-0.4, -0.2) is 31.9 Å². The molecule has 2 saturated carbocycles. The summed E-state index contributed by atoms with van der Waals surface area (Å²) in [6.07, 6.45) is 6.78. The predicted molar refractivity (Wildman–Crippen MR) is 81.4 cm³/mol. The number of thiophene rings is 1. The third-order valence-electron chi connectivity index (χ3n) is 4.29. The van der Waals surface area contributed by atoms with E-state index in [0.717, 1.165) is 37.1 Å². The lowest BCUT2D eigenvalue weighted by Gasteiger charge is -2.22. The van der Waals surface area contributed by atoms with Crippen LogP contribution in [0.25, 0.3) is 0 Å². The van der Waals surface area contributed by atoms with Crippen LogP contribution in [0.15, 0.2) is 16.3 Å². The van der Waals surface area contributed by atoms with Crippen molar-refractivity contribution in [2.75, 3.05) is 7.05 Å². The van der Waals surface area contributed by atoms with E-state index in [0.29, 0.717) is 10.9 Å². The van der Waals surface area contributed by atoms with Crippen LogP contribution in [0.4, 0.5) is 0 Å². The number of nitrogens with zero attached hydrogens (tertiary/aromatic N) is 1.